The zero-order valence-electron chi connectivity index (χ0n) is 16.3. The van der Waals surface area contributed by atoms with Crippen LogP contribution in [0.1, 0.15) is 22.7 Å². The Balaban J connectivity index is 1.97. The molecular formula is C24H15F4NO3. The number of aliphatic hydroxyl groups is 1. The molecule has 0 spiro atoms. The number of hydrogen-bond acceptors (Lipinski definition) is 3. The second kappa shape index (κ2) is 7.96. The molecule has 1 saturated heterocycles. The lowest BCUT2D eigenvalue weighted by Crippen LogP contribution is -2.30. The summed E-state index contributed by atoms with van der Waals surface area (Å²) >= 11 is 0. The summed E-state index contributed by atoms with van der Waals surface area (Å²) in [6.45, 7) is 0. The van der Waals surface area contributed by atoms with Crippen LogP contribution in [0.5, 0.6) is 0 Å². The van der Waals surface area contributed by atoms with Gasteiger partial charge >= 0.3 is 6.18 Å². The van der Waals surface area contributed by atoms with Crippen LogP contribution in [0.2, 0.25) is 0 Å². The summed E-state index contributed by atoms with van der Waals surface area (Å²) in [6.07, 6.45) is -4.69. The summed E-state index contributed by atoms with van der Waals surface area (Å²) in [4.78, 5) is 26.6. The molecule has 0 radical (unpaired) electrons. The van der Waals surface area contributed by atoms with Gasteiger partial charge in [-0.2, -0.15) is 13.2 Å². The number of carbonyl (C=O) groups is 2. The molecule has 0 bridgehead atoms. The summed E-state index contributed by atoms with van der Waals surface area (Å²) in [7, 11) is 0. The molecule has 0 aliphatic carbocycles. The van der Waals surface area contributed by atoms with Crippen molar-refractivity contribution >= 4 is 23.1 Å². The van der Waals surface area contributed by atoms with E-state index in [0.717, 1.165) is 23.1 Å². The average molecular weight is 441 g/mol. The van der Waals surface area contributed by atoms with Crippen molar-refractivity contribution in [2.24, 2.45) is 0 Å². The largest absolute Gasteiger partial charge is 0.507 e. The highest BCUT2D eigenvalue weighted by Gasteiger charge is 2.48. The Morgan fingerprint density at radius 1 is 0.875 bits per heavy atom. The normalized spacial score (nSPS) is 18.2. The number of alkyl halides is 3. The van der Waals surface area contributed by atoms with Gasteiger partial charge in [-0.25, -0.2) is 4.39 Å². The van der Waals surface area contributed by atoms with Crippen LogP contribution in [-0.4, -0.2) is 16.8 Å². The molecule has 1 heterocycles. The number of benzene rings is 3. The third-order valence-electron chi connectivity index (χ3n) is 5.14. The average Bonchev–Trinajstić information content (AvgIpc) is 3.04. The van der Waals surface area contributed by atoms with Crippen molar-refractivity contribution < 1.29 is 32.3 Å². The number of ketones is 1. The van der Waals surface area contributed by atoms with Gasteiger partial charge in [0.25, 0.3) is 11.7 Å². The zero-order chi connectivity index (χ0) is 23.0. The maximum Gasteiger partial charge on any atom is 0.416 e. The maximum atomic E-state index is 14.8. The van der Waals surface area contributed by atoms with E-state index in [-0.39, 0.29) is 16.8 Å². The molecule has 0 saturated carbocycles. The van der Waals surface area contributed by atoms with Crippen LogP contribution >= 0.6 is 0 Å². The van der Waals surface area contributed by atoms with E-state index in [0.29, 0.717) is 6.07 Å². The molecule has 32 heavy (non-hydrogen) atoms. The lowest BCUT2D eigenvalue weighted by Gasteiger charge is -2.26. The Hall–Kier alpha value is -3.94. The summed E-state index contributed by atoms with van der Waals surface area (Å²) in [5, 5.41) is 10.9. The Morgan fingerprint density at radius 2 is 1.53 bits per heavy atom. The molecule has 1 aliphatic heterocycles. The number of Topliss-reactive ketones (excluding diaryl/α,β-unsaturated/α-hetero) is 1. The number of rotatable bonds is 3. The highest BCUT2D eigenvalue weighted by atomic mass is 19.4. The first-order valence-electron chi connectivity index (χ1n) is 9.48. The van der Waals surface area contributed by atoms with Gasteiger partial charge in [-0.3, -0.25) is 14.5 Å². The van der Waals surface area contributed by atoms with Crippen LogP contribution < -0.4 is 4.90 Å². The van der Waals surface area contributed by atoms with Gasteiger partial charge in [0.1, 0.15) is 11.6 Å². The zero-order valence-corrected chi connectivity index (χ0v) is 16.3. The molecule has 1 amide bonds. The van der Waals surface area contributed by atoms with Crippen molar-refractivity contribution in [3.8, 4) is 0 Å². The van der Waals surface area contributed by atoms with E-state index < -0.39 is 46.6 Å². The van der Waals surface area contributed by atoms with Crippen molar-refractivity contribution in [1.82, 2.24) is 0 Å². The van der Waals surface area contributed by atoms with E-state index in [1.54, 1.807) is 18.2 Å². The van der Waals surface area contributed by atoms with Gasteiger partial charge < -0.3 is 5.11 Å². The van der Waals surface area contributed by atoms with Crippen molar-refractivity contribution in [3.05, 3.63) is 107 Å². The van der Waals surface area contributed by atoms with Crippen LogP contribution in [0.3, 0.4) is 0 Å². The number of anilines is 1. The number of hydrogen-bond donors (Lipinski definition) is 1. The SMILES string of the molecule is O=C1C(=O)N(c2cccc(C(F)(F)F)c2)C(c2ccccc2F)/C1=C(\O)c1ccccc1. The van der Waals surface area contributed by atoms with Crippen molar-refractivity contribution in [2.45, 2.75) is 12.2 Å². The number of carbonyl (C=O) groups excluding carboxylic acids is 2. The van der Waals surface area contributed by atoms with Crippen LogP contribution in [0.15, 0.2) is 84.4 Å². The molecule has 1 fully saturated rings. The number of nitrogens with zero attached hydrogens (tertiary/aromatic N) is 1. The predicted octanol–water partition coefficient (Wildman–Crippen LogP) is 5.47. The van der Waals surface area contributed by atoms with Gasteiger partial charge in [-0.1, -0.05) is 54.6 Å². The van der Waals surface area contributed by atoms with E-state index in [1.165, 1.54) is 36.4 Å². The van der Waals surface area contributed by atoms with Gasteiger partial charge in [-0.05, 0) is 24.3 Å². The van der Waals surface area contributed by atoms with E-state index in [4.69, 9.17) is 0 Å². The first-order valence-corrected chi connectivity index (χ1v) is 9.48. The molecule has 162 valence electrons. The standard InChI is InChI=1S/C24H15F4NO3/c25-18-12-5-4-11-17(18)20-19(21(30)14-7-2-1-3-8-14)22(31)23(32)29(20)16-10-6-9-15(13-16)24(26,27)28/h1-13,20,30H/b21-19+. The molecule has 8 heteroatoms. The fraction of sp³-hybridized carbons (Fsp3) is 0.0833. The van der Waals surface area contributed by atoms with Crippen molar-refractivity contribution in [3.63, 3.8) is 0 Å². The molecule has 1 atom stereocenters. The minimum atomic E-state index is -4.69. The van der Waals surface area contributed by atoms with Gasteiger partial charge in [0, 0.05) is 16.8 Å². The molecule has 0 aromatic heterocycles. The minimum Gasteiger partial charge on any atom is -0.507 e. The topological polar surface area (TPSA) is 57.6 Å². The predicted molar refractivity (Wildman–Crippen MR) is 109 cm³/mol. The lowest BCUT2D eigenvalue weighted by molar-refractivity contribution is -0.137. The summed E-state index contributed by atoms with van der Waals surface area (Å²) < 4.78 is 54.5. The van der Waals surface area contributed by atoms with E-state index in [1.807, 2.05) is 0 Å². The van der Waals surface area contributed by atoms with Crippen LogP contribution in [0, 0.1) is 5.82 Å². The second-order valence-electron chi connectivity index (χ2n) is 7.10. The van der Waals surface area contributed by atoms with Crippen LogP contribution in [0.4, 0.5) is 23.2 Å². The molecule has 1 N–H and O–H groups in total. The molecular weight excluding hydrogens is 426 g/mol. The molecule has 1 unspecified atom stereocenters. The smallest absolute Gasteiger partial charge is 0.416 e. The molecule has 4 rings (SSSR count). The highest BCUT2D eigenvalue weighted by Crippen LogP contribution is 2.43. The highest BCUT2D eigenvalue weighted by molar-refractivity contribution is 6.51. The fourth-order valence-electron chi connectivity index (χ4n) is 3.67. The monoisotopic (exact) mass is 441 g/mol. The minimum absolute atomic E-state index is 0.137. The van der Waals surface area contributed by atoms with Gasteiger partial charge in [0.2, 0.25) is 0 Å². The summed E-state index contributed by atoms with van der Waals surface area (Å²) in [5.74, 6) is -3.63. The van der Waals surface area contributed by atoms with Gasteiger partial charge in [0.15, 0.2) is 0 Å². The first-order chi connectivity index (χ1) is 15.2. The Kier molecular flexibility index (Phi) is 5.30. The molecule has 3 aromatic carbocycles. The summed E-state index contributed by atoms with van der Waals surface area (Å²) in [5.41, 5.74) is -1.63. The van der Waals surface area contributed by atoms with E-state index in [9.17, 15) is 32.3 Å². The first kappa shape index (κ1) is 21.3. The molecule has 1 aliphatic rings. The number of halogens is 4. The van der Waals surface area contributed by atoms with Crippen LogP contribution in [0.25, 0.3) is 5.76 Å². The lowest BCUT2D eigenvalue weighted by atomic mass is 9.94. The molecule has 3 aromatic rings. The maximum absolute atomic E-state index is 14.8. The van der Waals surface area contributed by atoms with E-state index in [2.05, 4.69) is 0 Å². The van der Waals surface area contributed by atoms with Crippen LogP contribution in [-0.2, 0) is 15.8 Å². The van der Waals surface area contributed by atoms with Crippen molar-refractivity contribution in [1.29, 1.82) is 0 Å². The Bertz CT molecular complexity index is 1240. The Morgan fingerprint density at radius 3 is 2.19 bits per heavy atom. The van der Waals surface area contributed by atoms with Crippen molar-refractivity contribution in [2.75, 3.05) is 4.90 Å². The van der Waals surface area contributed by atoms with Gasteiger partial charge in [-0.15, -0.1) is 0 Å². The molecule has 4 nitrogen and oxygen atoms in total. The fourth-order valence-corrected chi connectivity index (χ4v) is 3.67. The summed E-state index contributed by atoms with van der Waals surface area (Å²) in [6, 6.07) is 15.5. The third-order valence-corrected chi connectivity index (χ3v) is 5.14. The van der Waals surface area contributed by atoms with Gasteiger partial charge in [0.05, 0.1) is 17.2 Å². The number of aliphatic hydroxyl groups excluding tert-OH is 1. The number of amides is 1. The quantitative estimate of drug-likeness (QED) is 0.254. The Labute approximate surface area is 180 Å². The second-order valence-corrected chi connectivity index (χ2v) is 7.10. The van der Waals surface area contributed by atoms with E-state index >= 15 is 0 Å². The third kappa shape index (κ3) is 3.64.